The zero-order valence-corrected chi connectivity index (χ0v) is 16.3. The molecule has 5 nitrogen and oxygen atoms in total. The Hall–Kier alpha value is -3.41. The van der Waals surface area contributed by atoms with E-state index in [1.54, 1.807) is 18.3 Å². The van der Waals surface area contributed by atoms with Crippen LogP contribution in [0.1, 0.15) is 15.9 Å². The van der Waals surface area contributed by atoms with Crippen LogP contribution in [0.2, 0.25) is 0 Å². The Bertz CT molecular complexity index is 981. The number of hydrogen-bond donors (Lipinski definition) is 1. The van der Waals surface area contributed by atoms with E-state index in [2.05, 4.69) is 15.2 Å². The Kier molecular flexibility index (Phi) is 5.42. The van der Waals surface area contributed by atoms with E-state index < -0.39 is 0 Å². The van der Waals surface area contributed by atoms with Gasteiger partial charge in [0.25, 0.3) is 5.91 Å². The summed E-state index contributed by atoms with van der Waals surface area (Å²) in [7, 11) is 0. The van der Waals surface area contributed by atoms with Gasteiger partial charge < -0.3 is 15.1 Å². The van der Waals surface area contributed by atoms with E-state index in [0.29, 0.717) is 24.5 Å². The maximum atomic E-state index is 13.1. The van der Waals surface area contributed by atoms with Crippen LogP contribution in [0.4, 0.5) is 21.6 Å². The number of piperazine rings is 1. The van der Waals surface area contributed by atoms with Crippen molar-refractivity contribution in [2.45, 2.75) is 6.92 Å². The molecule has 2 heterocycles. The lowest BCUT2D eigenvalue weighted by Gasteiger charge is -2.36. The van der Waals surface area contributed by atoms with E-state index >= 15 is 0 Å². The third-order valence-corrected chi connectivity index (χ3v) is 5.18. The number of para-hydroxylation sites is 1. The Labute approximate surface area is 169 Å². The summed E-state index contributed by atoms with van der Waals surface area (Å²) in [6, 6.07) is 18.1. The van der Waals surface area contributed by atoms with Crippen LogP contribution in [-0.4, -0.2) is 42.0 Å². The van der Waals surface area contributed by atoms with Crippen molar-refractivity contribution in [2.24, 2.45) is 0 Å². The summed E-state index contributed by atoms with van der Waals surface area (Å²) < 4.78 is 13.1. The Morgan fingerprint density at radius 1 is 0.966 bits per heavy atom. The predicted molar refractivity (Wildman–Crippen MR) is 113 cm³/mol. The number of anilines is 3. The molecular weight excluding hydrogens is 367 g/mol. The molecule has 3 aromatic rings. The standard InChI is InChI=1S/C23H23FN4O/c1-17-4-2-3-5-21(17)26-22-11-6-18(16-25-22)23(29)28-14-12-27(13-15-28)20-9-7-19(24)8-10-20/h2-11,16H,12-15H2,1H3,(H,25,26). The van der Waals surface area contributed by atoms with Crippen molar-refractivity contribution in [1.29, 1.82) is 0 Å². The molecule has 1 amide bonds. The zero-order chi connectivity index (χ0) is 20.2. The summed E-state index contributed by atoms with van der Waals surface area (Å²) >= 11 is 0. The first-order valence-corrected chi connectivity index (χ1v) is 9.69. The molecule has 1 aliphatic heterocycles. The number of halogens is 1. The lowest BCUT2D eigenvalue weighted by atomic mass is 10.2. The van der Waals surface area contributed by atoms with Crippen LogP contribution < -0.4 is 10.2 Å². The fourth-order valence-electron chi connectivity index (χ4n) is 3.45. The van der Waals surface area contributed by atoms with E-state index in [1.807, 2.05) is 48.2 Å². The minimum Gasteiger partial charge on any atom is -0.368 e. The smallest absolute Gasteiger partial charge is 0.255 e. The average molecular weight is 390 g/mol. The van der Waals surface area contributed by atoms with Crippen LogP contribution in [0, 0.1) is 12.7 Å². The first kappa shape index (κ1) is 18.9. The van der Waals surface area contributed by atoms with Crippen molar-refractivity contribution < 1.29 is 9.18 Å². The van der Waals surface area contributed by atoms with E-state index in [4.69, 9.17) is 0 Å². The average Bonchev–Trinajstić information content (AvgIpc) is 2.76. The number of aryl methyl sites for hydroxylation is 1. The number of nitrogens with zero attached hydrogens (tertiary/aromatic N) is 3. The number of carbonyl (C=O) groups excluding carboxylic acids is 1. The lowest BCUT2D eigenvalue weighted by molar-refractivity contribution is 0.0746. The normalized spacial score (nSPS) is 14.0. The van der Waals surface area contributed by atoms with Crippen molar-refractivity contribution in [3.8, 4) is 0 Å². The lowest BCUT2D eigenvalue weighted by Crippen LogP contribution is -2.48. The molecule has 0 unspecified atom stereocenters. The summed E-state index contributed by atoms with van der Waals surface area (Å²) in [5.74, 6) is 0.450. The second-order valence-corrected chi connectivity index (χ2v) is 7.13. The summed E-state index contributed by atoms with van der Waals surface area (Å²) in [6.45, 7) is 4.72. The van der Waals surface area contributed by atoms with Gasteiger partial charge in [0, 0.05) is 43.8 Å². The van der Waals surface area contributed by atoms with Gasteiger partial charge in [0.2, 0.25) is 0 Å². The first-order chi connectivity index (χ1) is 14.1. The van der Waals surface area contributed by atoms with Gasteiger partial charge >= 0.3 is 0 Å². The molecule has 0 aliphatic carbocycles. The topological polar surface area (TPSA) is 48.5 Å². The van der Waals surface area contributed by atoms with Crippen LogP contribution >= 0.6 is 0 Å². The Morgan fingerprint density at radius 3 is 2.34 bits per heavy atom. The van der Waals surface area contributed by atoms with E-state index in [-0.39, 0.29) is 11.7 Å². The van der Waals surface area contributed by atoms with Crippen LogP contribution in [-0.2, 0) is 0 Å². The third-order valence-electron chi connectivity index (χ3n) is 5.18. The van der Waals surface area contributed by atoms with E-state index in [1.165, 1.54) is 12.1 Å². The van der Waals surface area contributed by atoms with E-state index in [9.17, 15) is 9.18 Å². The molecule has 0 spiro atoms. The third kappa shape index (κ3) is 4.37. The van der Waals surface area contributed by atoms with Crippen molar-refractivity contribution in [2.75, 3.05) is 36.4 Å². The van der Waals surface area contributed by atoms with E-state index in [0.717, 1.165) is 30.0 Å². The molecular formula is C23H23FN4O. The van der Waals surface area contributed by atoms with Crippen molar-refractivity contribution in [3.05, 3.63) is 83.8 Å². The number of pyridine rings is 1. The van der Waals surface area contributed by atoms with Gasteiger partial charge in [0.1, 0.15) is 11.6 Å². The summed E-state index contributed by atoms with van der Waals surface area (Å²) in [6.07, 6.45) is 1.62. The van der Waals surface area contributed by atoms with Gasteiger partial charge in [-0.25, -0.2) is 9.37 Å². The van der Waals surface area contributed by atoms with Gasteiger partial charge in [0.05, 0.1) is 5.56 Å². The van der Waals surface area contributed by atoms with Crippen LogP contribution in [0.3, 0.4) is 0 Å². The van der Waals surface area contributed by atoms with Gasteiger partial charge in [0.15, 0.2) is 0 Å². The SMILES string of the molecule is Cc1ccccc1Nc1ccc(C(=O)N2CCN(c3ccc(F)cc3)CC2)cn1. The molecule has 29 heavy (non-hydrogen) atoms. The van der Waals surface area contributed by atoms with Crippen LogP contribution in [0.15, 0.2) is 66.9 Å². The van der Waals surface area contributed by atoms with Gasteiger partial charge in [-0.2, -0.15) is 0 Å². The largest absolute Gasteiger partial charge is 0.368 e. The van der Waals surface area contributed by atoms with Gasteiger partial charge in [-0.15, -0.1) is 0 Å². The molecule has 1 aromatic heterocycles. The molecule has 0 saturated carbocycles. The minimum absolute atomic E-state index is 0.0151. The van der Waals surface area contributed by atoms with Crippen LogP contribution in [0.25, 0.3) is 0 Å². The first-order valence-electron chi connectivity index (χ1n) is 9.69. The minimum atomic E-state index is -0.240. The molecule has 1 fully saturated rings. The van der Waals surface area contributed by atoms with Gasteiger partial charge in [-0.05, 0) is 55.0 Å². The maximum absolute atomic E-state index is 13.1. The summed E-state index contributed by atoms with van der Waals surface area (Å²) in [4.78, 5) is 21.2. The van der Waals surface area contributed by atoms with Crippen molar-refractivity contribution in [3.63, 3.8) is 0 Å². The molecule has 0 bridgehead atoms. The number of hydrogen-bond acceptors (Lipinski definition) is 4. The highest BCUT2D eigenvalue weighted by molar-refractivity contribution is 5.94. The van der Waals surface area contributed by atoms with Crippen molar-refractivity contribution >= 4 is 23.1 Å². The molecule has 0 atom stereocenters. The number of nitrogens with one attached hydrogen (secondary N) is 1. The molecule has 1 saturated heterocycles. The number of carbonyl (C=O) groups is 1. The second-order valence-electron chi connectivity index (χ2n) is 7.13. The Balaban J connectivity index is 1.36. The summed E-state index contributed by atoms with van der Waals surface area (Å²) in [5.41, 5.74) is 3.69. The van der Waals surface area contributed by atoms with Gasteiger partial charge in [-0.3, -0.25) is 4.79 Å². The summed E-state index contributed by atoms with van der Waals surface area (Å²) in [5, 5.41) is 3.28. The highest BCUT2D eigenvalue weighted by Crippen LogP contribution is 2.20. The Morgan fingerprint density at radius 2 is 1.69 bits per heavy atom. The fraction of sp³-hybridized carbons (Fsp3) is 0.217. The molecule has 0 radical (unpaired) electrons. The highest BCUT2D eigenvalue weighted by Gasteiger charge is 2.22. The molecule has 1 aliphatic rings. The van der Waals surface area contributed by atoms with Crippen molar-refractivity contribution in [1.82, 2.24) is 9.88 Å². The number of benzene rings is 2. The highest BCUT2D eigenvalue weighted by atomic mass is 19.1. The molecule has 6 heteroatoms. The quantitative estimate of drug-likeness (QED) is 0.724. The number of rotatable bonds is 4. The maximum Gasteiger partial charge on any atom is 0.255 e. The van der Waals surface area contributed by atoms with Crippen LogP contribution in [0.5, 0.6) is 0 Å². The second kappa shape index (κ2) is 8.31. The predicted octanol–water partition coefficient (Wildman–Crippen LogP) is 4.24. The van der Waals surface area contributed by atoms with Gasteiger partial charge in [-0.1, -0.05) is 18.2 Å². The molecule has 148 valence electrons. The zero-order valence-electron chi connectivity index (χ0n) is 16.3. The molecule has 4 rings (SSSR count). The number of aromatic nitrogens is 1. The molecule has 2 aromatic carbocycles. The fourth-order valence-corrected chi connectivity index (χ4v) is 3.45. The monoisotopic (exact) mass is 390 g/mol. The number of amides is 1. The molecule has 1 N–H and O–H groups in total.